The molecular formula is C34H31FN4O2S. The van der Waals surface area contributed by atoms with Crippen LogP contribution in [0.2, 0.25) is 0 Å². The van der Waals surface area contributed by atoms with Crippen molar-refractivity contribution in [3.8, 4) is 16.2 Å². The van der Waals surface area contributed by atoms with E-state index in [9.17, 15) is 9.18 Å². The summed E-state index contributed by atoms with van der Waals surface area (Å²) in [5, 5.41) is 0.619. The maximum absolute atomic E-state index is 14.6. The third-order valence-corrected chi connectivity index (χ3v) is 9.58. The first-order valence-corrected chi connectivity index (χ1v) is 15.0. The summed E-state index contributed by atoms with van der Waals surface area (Å²) in [5.41, 5.74) is 4.42. The van der Waals surface area contributed by atoms with Crippen molar-refractivity contribution in [2.24, 2.45) is 0 Å². The largest absolute Gasteiger partial charge is 0.496 e. The Morgan fingerprint density at radius 3 is 2.57 bits per heavy atom. The molecule has 8 heteroatoms. The Hall–Kier alpha value is -4.27. The molecule has 0 saturated carbocycles. The van der Waals surface area contributed by atoms with Crippen molar-refractivity contribution >= 4 is 32.5 Å². The maximum Gasteiger partial charge on any atom is 0.260 e. The normalized spacial score (nSPS) is 15.4. The van der Waals surface area contributed by atoms with Crippen LogP contribution < -0.4 is 10.3 Å². The smallest absolute Gasteiger partial charge is 0.260 e. The van der Waals surface area contributed by atoms with Gasteiger partial charge in [0.2, 0.25) is 0 Å². The van der Waals surface area contributed by atoms with Gasteiger partial charge in [0.25, 0.3) is 5.56 Å². The van der Waals surface area contributed by atoms with Gasteiger partial charge in [-0.2, -0.15) is 0 Å². The summed E-state index contributed by atoms with van der Waals surface area (Å²) in [5.74, 6) is 1.19. The van der Waals surface area contributed by atoms with Crippen LogP contribution in [-0.4, -0.2) is 46.7 Å². The highest BCUT2D eigenvalue weighted by molar-refractivity contribution is 7.22. The summed E-state index contributed by atoms with van der Waals surface area (Å²) in [6.07, 6.45) is 4.14. The molecule has 4 heterocycles. The second kappa shape index (κ2) is 10.9. The molecule has 3 aromatic carbocycles. The summed E-state index contributed by atoms with van der Waals surface area (Å²) in [6, 6.07) is 24.1. The van der Waals surface area contributed by atoms with Crippen LogP contribution in [-0.2, 0) is 0 Å². The molecule has 1 fully saturated rings. The monoisotopic (exact) mass is 578 g/mol. The van der Waals surface area contributed by atoms with Gasteiger partial charge in [-0.25, -0.2) is 9.37 Å². The van der Waals surface area contributed by atoms with E-state index in [-0.39, 0.29) is 5.56 Å². The van der Waals surface area contributed by atoms with Crippen LogP contribution in [0.15, 0.2) is 89.9 Å². The van der Waals surface area contributed by atoms with Crippen molar-refractivity contribution in [3.05, 3.63) is 118 Å². The lowest BCUT2D eigenvalue weighted by molar-refractivity contribution is 0.255. The zero-order valence-corrected chi connectivity index (χ0v) is 24.3. The molecule has 1 N–H and O–H groups in total. The molecule has 3 aromatic heterocycles. The molecule has 1 saturated heterocycles. The Morgan fingerprint density at radius 1 is 1.02 bits per heavy atom. The van der Waals surface area contributed by atoms with Crippen LogP contribution in [0, 0.1) is 5.82 Å². The number of halogens is 1. The number of aromatic nitrogens is 3. The van der Waals surface area contributed by atoms with E-state index < -0.39 is 11.9 Å². The number of para-hydroxylation sites is 2. The van der Waals surface area contributed by atoms with E-state index >= 15 is 0 Å². The number of piperidine rings is 1. The minimum Gasteiger partial charge on any atom is -0.496 e. The number of imidazole rings is 1. The number of nitrogens with one attached hydrogen (secondary N) is 1. The van der Waals surface area contributed by atoms with Gasteiger partial charge in [0.05, 0.1) is 23.5 Å². The van der Waals surface area contributed by atoms with Gasteiger partial charge in [0.1, 0.15) is 23.4 Å². The number of H-pyrrole nitrogens is 1. The van der Waals surface area contributed by atoms with E-state index in [0.29, 0.717) is 28.4 Å². The third-order valence-electron chi connectivity index (χ3n) is 8.43. The van der Waals surface area contributed by atoms with Gasteiger partial charge in [-0.05, 0) is 92.5 Å². The van der Waals surface area contributed by atoms with E-state index in [2.05, 4.69) is 41.2 Å². The molecule has 0 spiro atoms. The molecule has 1 unspecified atom stereocenters. The number of fused-ring (bicyclic) bond motifs is 2. The number of thiophene rings is 1. The van der Waals surface area contributed by atoms with Gasteiger partial charge < -0.3 is 14.6 Å². The summed E-state index contributed by atoms with van der Waals surface area (Å²) in [7, 11) is 3.73. The first kappa shape index (κ1) is 26.6. The number of benzene rings is 3. The van der Waals surface area contributed by atoms with Crippen molar-refractivity contribution in [1.29, 1.82) is 0 Å². The Labute approximate surface area is 247 Å². The Balaban J connectivity index is 1.31. The number of nitrogens with zero attached hydrogens (tertiary/aromatic N) is 3. The van der Waals surface area contributed by atoms with E-state index in [1.54, 1.807) is 35.3 Å². The second-order valence-corrected chi connectivity index (χ2v) is 12.1. The summed E-state index contributed by atoms with van der Waals surface area (Å²) in [6.45, 7) is 2.26. The summed E-state index contributed by atoms with van der Waals surface area (Å²) >= 11 is 1.60. The quantitative estimate of drug-likeness (QED) is 0.227. The Morgan fingerprint density at radius 2 is 1.81 bits per heavy atom. The van der Waals surface area contributed by atoms with Gasteiger partial charge in [-0.1, -0.05) is 36.4 Å². The van der Waals surface area contributed by atoms with Crippen LogP contribution in [0.25, 0.3) is 31.6 Å². The number of ether oxygens (including phenoxy) is 1. The lowest BCUT2D eigenvalue weighted by atomic mass is 9.89. The topological polar surface area (TPSA) is 63.1 Å². The molecular weight excluding hydrogens is 547 g/mol. The fourth-order valence-electron chi connectivity index (χ4n) is 6.11. The Kier molecular flexibility index (Phi) is 6.88. The lowest BCUT2D eigenvalue weighted by Crippen LogP contribution is -2.29. The molecule has 0 bridgehead atoms. The van der Waals surface area contributed by atoms with E-state index in [1.807, 2.05) is 36.4 Å². The minimum atomic E-state index is -0.725. The predicted octanol–water partition coefficient (Wildman–Crippen LogP) is 7.20. The van der Waals surface area contributed by atoms with Gasteiger partial charge >= 0.3 is 0 Å². The molecule has 7 rings (SSSR count). The molecule has 212 valence electrons. The molecule has 6 aromatic rings. The fraction of sp³-hybridized carbons (Fsp3) is 0.235. The lowest BCUT2D eigenvalue weighted by Gasteiger charge is -2.29. The van der Waals surface area contributed by atoms with Crippen LogP contribution in [0.1, 0.15) is 41.8 Å². The molecule has 1 atom stereocenters. The average molecular weight is 579 g/mol. The minimum absolute atomic E-state index is 0.172. The number of likely N-dealkylation sites (tertiary alicyclic amines) is 1. The maximum atomic E-state index is 14.6. The summed E-state index contributed by atoms with van der Waals surface area (Å²) in [4.78, 5) is 25.7. The van der Waals surface area contributed by atoms with Crippen LogP contribution in [0.4, 0.5) is 4.39 Å². The fourth-order valence-corrected chi connectivity index (χ4v) is 7.16. The van der Waals surface area contributed by atoms with E-state index in [1.165, 1.54) is 30.5 Å². The highest BCUT2D eigenvalue weighted by atomic mass is 32.1. The van der Waals surface area contributed by atoms with E-state index in [4.69, 9.17) is 9.72 Å². The van der Waals surface area contributed by atoms with Crippen LogP contribution in [0.3, 0.4) is 0 Å². The first-order valence-electron chi connectivity index (χ1n) is 14.2. The van der Waals surface area contributed by atoms with Crippen molar-refractivity contribution in [2.45, 2.75) is 24.8 Å². The Bertz CT molecular complexity index is 1920. The van der Waals surface area contributed by atoms with E-state index in [0.717, 1.165) is 39.3 Å². The van der Waals surface area contributed by atoms with Gasteiger partial charge in [0, 0.05) is 21.3 Å². The predicted molar refractivity (Wildman–Crippen MR) is 167 cm³/mol. The van der Waals surface area contributed by atoms with Crippen molar-refractivity contribution < 1.29 is 9.13 Å². The molecule has 0 radical (unpaired) electrons. The number of pyridine rings is 1. The van der Waals surface area contributed by atoms with Gasteiger partial charge in [-0.3, -0.25) is 9.36 Å². The SMILES string of the molecule is COc1ccc(F)cc1C(c1nc2ccccc2[nH]1)n1ccc2sc(-c3ccc(C4CCN(C)CC4)cc3)cc2c1=O. The van der Waals surface area contributed by atoms with Gasteiger partial charge in [0.15, 0.2) is 0 Å². The third kappa shape index (κ3) is 4.80. The molecule has 6 nitrogen and oxygen atoms in total. The first-order chi connectivity index (χ1) is 20.5. The van der Waals surface area contributed by atoms with Crippen molar-refractivity contribution in [1.82, 2.24) is 19.4 Å². The molecule has 42 heavy (non-hydrogen) atoms. The average Bonchev–Trinajstić information content (AvgIpc) is 3.64. The number of rotatable bonds is 6. The molecule has 1 aliphatic rings. The second-order valence-electron chi connectivity index (χ2n) is 11.0. The highest BCUT2D eigenvalue weighted by Gasteiger charge is 2.26. The zero-order valence-electron chi connectivity index (χ0n) is 23.5. The standard InChI is InChI=1S/C34H31FN4O2S/c1-38-16-13-22(14-17-38)21-7-9-23(10-8-21)31-20-26-30(42-31)15-18-39(34(26)40)32(25-19-24(35)11-12-29(25)41-2)33-36-27-5-3-4-6-28(27)37-33/h3-12,15,18-20,22,32H,13-14,16-17H2,1-2H3,(H,36,37). The number of hydrogen-bond donors (Lipinski definition) is 1. The highest BCUT2D eigenvalue weighted by Crippen LogP contribution is 2.37. The molecule has 1 aliphatic heterocycles. The van der Waals surface area contributed by atoms with Crippen LogP contribution in [0.5, 0.6) is 5.75 Å². The molecule has 0 amide bonds. The van der Waals surface area contributed by atoms with Gasteiger partial charge in [-0.15, -0.1) is 11.3 Å². The van der Waals surface area contributed by atoms with Crippen molar-refractivity contribution in [2.75, 3.05) is 27.2 Å². The number of aromatic amines is 1. The zero-order chi connectivity index (χ0) is 28.8. The van der Waals surface area contributed by atoms with Crippen LogP contribution >= 0.6 is 11.3 Å². The summed E-state index contributed by atoms with van der Waals surface area (Å²) < 4.78 is 22.8. The molecule has 0 aliphatic carbocycles. The number of methoxy groups -OCH3 is 1. The number of hydrogen-bond acceptors (Lipinski definition) is 5. The van der Waals surface area contributed by atoms with Crippen molar-refractivity contribution in [3.63, 3.8) is 0 Å².